The van der Waals surface area contributed by atoms with Gasteiger partial charge in [0.15, 0.2) is 0 Å². The minimum Gasteiger partial charge on any atom is -0.356 e. The second-order valence-corrected chi connectivity index (χ2v) is 1.79. The molecule has 202 valence electrons. The summed E-state index contributed by atoms with van der Waals surface area (Å²) in [7, 11) is 0. The van der Waals surface area contributed by atoms with Crippen molar-refractivity contribution in [3.63, 3.8) is 0 Å². The smallest absolute Gasteiger partial charge is 0.356 e. The van der Waals surface area contributed by atoms with Crippen molar-refractivity contribution >= 4 is 0 Å². The third kappa shape index (κ3) is 20900. The Labute approximate surface area is 328 Å². The summed E-state index contributed by atoms with van der Waals surface area (Å²) < 4.78 is 0. The van der Waals surface area contributed by atoms with Crippen LogP contribution in [0.1, 0.15) is 0 Å². The maximum absolute atomic E-state index is 8.25. The Hall–Kier alpha value is -1.26. The molecule has 0 heterocycles. The van der Waals surface area contributed by atoms with Crippen LogP contribution in [0.4, 0.5) is 0 Å². The number of hydrogen-bond donors (Lipinski definition) is 0. The third-order valence-electron chi connectivity index (χ3n) is 0. The molecule has 36 heteroatoms. The number of rotatable bonds is 0. The molecule has 0 unspecified atom stereocenters. The first-order chi connectivity index (χ1) is 13.9. The van der Waals surface area contributed by atoms with Gasteiger partial charge in [0.2, 0.25) is 0 Å². The van der Waals surface area contributed by atoms with Gasteiger partial charge in [-0.25, -0.2) is 0 Å². The fraction of sp³-hybridized carbons (Fsp3) is 0. The standard InChI is InChI=1S/2Cs.2Fe.8NO3/c;;;;8*2-1(3)4/q2*+1;2*+3;8*-1. The minimum atomic E-state index is -1.75. The van der Waals surface area contributed by atoms with Crippen molar-refractivity contribution in [2.45, 2.75) is 0 Å². The van der Waals surface area contributed by atoms with Crippen molar-refractivity contribution in [2.75, 3.05) is 0 Å². The molecule has 0 spiro atoms. The van der Waals surface area contributed by atoms with Gasteiger partial charge in [0.25, 0.3) is 0 Å². The topological polar surface area (TPSA) is 530 Å². The first kappa shape index (κ1) is 76.5. The van der Waals surface area contributed by atoms with Crippen molar-refractivity contribution in [1.29, 1.82) is 0 Å². The predicted octanol–water partition coefficient (Wildman–Crippen LogP) is -7.91. The molecular formula is Cs2Fe2N8O24. The van der Waals surface area contributed by atoms with E-state index in [1.807, 2.05) is 0 Å². The van der Waals surface area contributed by atoms with Gasteiger partial charge in [-0.15, -0.1) is 0 Å². The molecule has 0 fully saturated rings. The molecule has 0 atom stereocenters. The monoisotopic (exact) mass is 874 g/mol. The van der Waals surface area contributed by atoms with Gasteiger partial charge in [0, 0.05) is 0 Å². The van der Waals surface area contributed by atoms with Gasteiger partial charge >= 0.3 is 172 Å². The predicted molar refractivity (Wildman–Crippen MR) is 82.9 cm³/mol. The molecule has 0 aliphatic rings. The Morgan fingerprint density at radius 1 is 0.222 bits per heavy atom. The van der Waals surface area contributed by atoms with E-state index in [-0.39, 0.29) is 172 Å². The van der Waals surface area contributed by atoms with Crippen molar-refractivity contribution < 1.29 is 213 Å². The summed E-state index contributed by atoms with van der Waals surface area (Å²) in [5.74, 6) is 0. The van der Waals surface area contributed by atoms with Gasteiger partial charge in [-0.05, 0) is 0 Å². The normalized spacial score (nSPS) is 5.33. The quantitative estimate of drug-likeness (QED) is 0.124. The zero-order valence-electron chi connectivity index (χ0n) is 16.1. The third-order valence-corrected chi connectivity index (χ3v) is 0. The van der Waals surface area contributed by atoms with Gasteiger partial charge in [0.05, 0.1) is 40.7 Å². The average Bonchev–Trinajstić information content (AvgIpc) is 2.30. The first-order valence-corrected chi connectivity index (χ1v) is 4.38. The summed E-state index contributed by atoms with van der Waals surface area (Å²) in [5.41, 5.74) is 0. The van der Waals surface area contributed by atoms with Crippen LogP contribution in [0.5, 0.6) is 0 Å². The zero-order chi connectivity index (χ0) is 28.6. The van der Waals surface area contributed by atoms with Crippen LogP contribution < -0.4 is 138 Å². The fourth-order valence-electron chi connectivity index (χ4n) is 0. The summed E-state index contributed by atoms with van der Waals surface area (Å²) in [6, 6.07) is 0. The van der Waals surface area contributed by atoms with Gasteiger partial charge in [-0.1, -0.05) is 0 Å². The van der Waals surface area contributed by atoms with E-state index in [4.69, 9.17) is 123 Å². The molecule has 0 aromatic carbocycles. The van der Waals surface area contributed by atoms with Crippen LogP contribution in [0.15, 0.2) is 0 Å². The molecule has 0 N–H and O–H groups in total. The maximum atomic E-state index is 8.25. The average molecular weight is 874 g/mol. The molecule has 0 aliphatic carbocycles. The van der Waals surface area contributed by atoms with Crippen LogP contribution in [0.2, 0.25) is 0 Å². The molecule has 0 rings (SSSR count). The molecule has 0 aromatic heterocycles. The molecular weight excluding hydrogens is 874 g/mol. The van der Waals surface area contributed by atoms with E-state index in [9.17, 15) is 0 Å². The van der Waals surface area contributed by atoms with E-state index >= 15 is 0 Å². The molecule has 0 saturated heterocycles. The largest absolute Gasteiger partial charge is 3.00 e. The van der Waals surface area contributed by atoms with Crippen LogP contribution in [0, 0.1) is 123 Å². The zero-order valence-corrected chi connectivity index (χ0v) is 30.9. The number of nitrogens with zero attached hydrogens (tertiary/aromatic N) is 8. The number of hydrogen-bond acceptors (Lipinski definition) is 24. The summed E-state index contributed by atoms with van der Waals surface area (Å²) in [6.07, 6.45) is 0. The molecule has 36 heavy (non-hydrogen) atoms. The van der Waals surface area contributed by atoms with E-state index in [0.29, 0.717) is 0 Å². The van der Waals surface area contributed by atoms with Crippen LogP contribution in [0.3, 0.4) is 0 Å². The van der Waals surface area contributed by atoms with E-state index < -0.39 is 40.7 Å². The van der Waals surface area contributed by atoms with E-state index in [2.05, 4.69) is 0 Å². The Morgan fingerprint density at radius 3 is 0.222 bits per heavy atom. The molecule has 0 aromatic rings. The maximum Gasteiger partial charge on any atom is 3.00 e. The Morgan fingerprint density at radius 2 is 0.222 bits per heavy atom. The van der Waals surface area contributed by atoms with Gasteiger partial charge in [-0.2, -0.15) is 0 Å². The SMILES string of the molecule is O=[N+]([O-])[O-].O=[N+]([O-])[O-].O=[N+]([O-])[O-].O=[N+]([O-])[O-].O=[N+]([O-])[O-].O=[N+]([O-])[O-].O=[N+]([O-])[O-].O=[N+]([O-])[O-].[Cs+].[Cs+].[Fe+3].[Fe+3]. The van der Waals surface area contributed by atoms with Crippen molar-refractivity contribution in [2.24, 2.45) is 0 Å². The van der Waals surface area contributed by atoms with E-state index in [1.54, 1.807) is 0 Å². The second kappa shape index (κ2) is 69.9. The van der Waals surface area contributed by atoms with Gasteiger partial charge in [-0.3, -0.25) is 0 Å². The molecule has 0 saturated carbocycles. The molecule has 0 amide bonds. The minimum absolute atomic E-state index is 0. The van der Waals surface area contributed by atoms with Crippen molar-refractivity contribution in [3.05, 3.63) is 123 Å². The first-order valence-electron chi connectivity index (χ1n) is 4.38. The second-order valence-electron chi connectivity index (χ2n) is 1.79. The molecule has 2 radical (unpaired) electrons. The molecule has 0 aliphatic heterocycles. The fourth-order valence-corrected chi connectivity index (χ4v) is 0. The summed E-state index contributed by atoms with van der Waals surface area (Å²) in [6.45, 7) is 0. The van der Waals surface area contributed by atoms with Gasteiger partial charge < -0.3 is 123 Å². The van der Waals surface area contributed by atoms with E-state index in [0.717, 1.165) is 0 Å². The van der Waals surface area contributed by atoms with Crippen molar-refractivity contribution in [1.82, 2.24) is 0 Å². The van der Waals surface area contributed by atoms with Crippen LogP contribution >= 0.6 is 0 Å². The Balaban J connectivity index is -0.0000000180. The summed E-state index contributed by atoms with van der Waals surface area (Å²) >= 11 is 0. The Kier molecular flexibility index (Phi) is 149. The summed E-state index contributed by atoms with van der Waals surface area (Å²) in [4.78, 5) is 66.0. The van der Waals surface area contributed by atoms with E-state index in [1.165, 1.54) is 0 Å². The Bertz CT molecular complexity index is 376. The van der Waals surface area contributed by atoms with Gasteiger partial charge in [0.1, 0.15) is 0 Å². The van der Waals surface area contributed by atoms with Crippen LogP contribution in [-0.2, 0) is 34.1 Å². The molecule has 32 nitrogen and oxygen atoms in total. The molecule has 0 bridgehead atoms. The van der Waals surface area contributed by atoms with Crippen molar-refractivity contribution in [3.8, 4) is 0 Å². The summed E-state index contributed by atoms with van der Waals surface area (Å²) in [5, 5.41) is 118. The van der Waals surface area contributed by atoms with Crippen LogP contribution in [-0.4, -0.2) is 40.7 Å². The van der Waals surface area contributed by atoms with Crippen LogP contribution in [0.25, 0.3) is 0 Å².